The van der Waals surface area contributed by atoms with Gasteiger partial charge in [-0.25, -0.2) is 4.79 Å². The SMILES string of the molecule is CCCCCCCOc1ccc(CC[C@@](C)(COP(=O)(C(C)(C)C)C(C)(C)C)NC(=O)O)cc1C(F)(F)F. The van der Waals surface area contributed by atoms with Crippen LogP contribution in [0.5, 0.6) is 5.75 Å². The minimum absolute atomic E-state index is 0.141. The first kappa shape index (κ1) is 34.3. The molecule has 2 N–H and O–H groups in total. The number of alkyl halides is 3. The van der Waals surface area contributed by atoms with E-state index in [9.17, 15) is 27.6 Å². The van der Waals surface area contributed by atoms with Crippen molar-refractivity contribution in [1.82, 2.24) is 5.32 Å². The second-order valence-electron chi connectivity index (χ2n) is 12.2. The lowest BCUT2D eigenvalue weighted by Gasteiger charge is -2.42. The van der Waals surface area contributed by atoms with E-state index >= 15 is 0 Å². The van der Waals surface area contributed by atoms with Gasteiger partial charge >= 0.3 is 12.3 Å². The van der Waals surface area contributed by atoms with E-state index in [1.807, 2.05) is 41.5 Å². The Hall–Kier alpha value is -1.73. The van der Waals surface area contributed by atoms with Gasteiger partial charge in [-0.05, 0) is 43.9 Å². The molecule has 0 aromatic heterocycles. The lowest BCUT2D eigenvalue weighted by molar-refractivity contribution is -0.139. The van der Waals surface area contributed by atoms with Crippen LogP contribution < -0.4 is 10.1 Å². The summed E-state index contributed by atoms with van der Waals surface area (Å²) < 4.78 is 66.8. The maximum atomic E-state index is 13.9. The Kier molecular flexibility index (Phi) is 12.2. The number of unbranched alkanes of at least 4 members (excludes halogenated alkanes) is 4. The fraction of sp³-hybridized carbons (Fsp3) is 0.750. The third-order valence-corrected chi connectivity index (χ3v) is 10.6. The first-order valence-electron chi connectivity index (χ1n) is 13.3. The van der Waals surface area contributed by atoms with Gasteiger partial charge in [0.05, 0.1) is 24.3 Å². The lowest BCUT2D eigenvalue weighted by Crippen LogP contribution is -2.50. The second kappa shape index (κ2) is 13.6. The Bertz CT molecular complexity index is 935. The molecule has 1 aromatic carbocycles. The molecule has 1 amide bonds. The van der Waals surface area contributed by atoms with Crippen LogP contribution >= 0.6 is 7.37 Å². The summed E-state index contributed by atoms with van der Waals surface area (Å²) in [5, 5.41) is 10.5. The minimum Gasteiger partial charge on any atom is -0.493 e. The van der Waals surface area contributed by atoms with Gasteiger partial charge in [0.2, 0.25) is 7.37 Å². The number of hydrogen-bond acceptors (Lipinski definition) is 4. The standard InChI is InChI=1S/C28H47F3NO5P/c1-9-10-11-12-13-18-36-23-15-14-21(19-22(23)28(29,30)31)16-17-27(8,32-24(33)34)20-37-38(35,25(2,3)4)26(5,6)7/h14-15,19,32H,9-13,16-18,20H2,1-8H3,(H,33,34)/t27-/m0/s1. The Labute approximate surface area is 226 Å². The molecule has 0 saturated heterocycles. The van der Waals surface area contributed by atoms with E-state index in [4.69, 9.17) is 9.26 Å². The number of aryl methyl sites for hydroxylation is 1. The van der Waals surface area contributed by atoms with E-state index in [2.05, 4.69) is 12.2 Å². The number of halogens is 3. The number of nitrogens with one attached hydrogen (secondary N) is 1. The van der Waals surface area contributed by atoms with Gasteiger partial charge < -0.3 is 19.7 Å². The first-order chi connectivity index (χ1) is 17.3. The number of carbonyl (C=O) groups is 1. The summed E-state index contributed by atoms with van der Waals surface area (Å²) >= 11 is 0. The molecule has 0 spiro atoms. The van der Waals surface area contributed by atoms with Crippen molar-refractivity contribution < 1.29 is 36.9 Å². The predicted octanol–water partition coefficient (Wildman–Crippen LogP) is 8.91. The fourth-order valence-corrected chi connectivity index (χ4v) is 7.70. The Morgan fingerprint density at radius 2 is 1.55 bits per heavy atom. The van der Waals surface area contributed by atoms with E-state index in [1.165, 1.54) is 6.07 Å². The summed E-state index contributed by atoms with van der Waals surface area (Å²) in [5.41, 5.74) is -1.64. The molecule has 0 aliphatic heterocycles. The van der Waals surface area contributed by atoms with Gasteiger partial charge in [-0.15, -0.1) is 0 Å². The monoisotopic (exact) mass is 565 g/mol. The van der Waals surface area contributed by atoms with Gasteiger partial charge in [0.1, 0.15) is 5.75 Å². The van der Waals surface area contributed by atoms with Crippen LogP contribution in [0, 0.1) is 0 Å². The average molecular weight is 566 g/mol. The normalized spacial score (nSPS) is 14.7. The molecule has 220 valence electrons. The summed E-state index contributed by atoms with van der Waals surface area (Å²) in [6, 6.07) is 3.96. The highest BCUT2D eigenvalue weighted by atomic mass is 31.2. The van der Waals surface area contributed by atoms with Crippen molar-refractivity contribution in [3.63, 3.8) is 0 Å². The number of carboxylic acid groups (broad SMARTS) is 1. The molecule has 0 unspecified atom stereocenters. The van der Waals surface area contributed by atoms with Gasteiger partial charge in [-0.2, -0.15) is 13.2 Å². The molecule has 1 atom stereocenters. The number of hydrogen-bond donors (Lipinski definition) is 2. The van der Waals surface area contributed by atoms with Crippen LogP contribution in [0.1, 0.15) is 105 Å². The zero-order valence-electron chi connectivity index (χ0n) is 24.3. The maximum absolute atomic E-state index is 13.9. The number of amides is 1. The molecule has 6 nitrogen and oxygen atoms in total. The zero-order chi connectivity index (χ0) is 29.4. The summed E-state index contributed by atoms with van der Waals surface area (Å²) in [5.74, 6) is -0.206. The van der Waals surface area contributed by atoms with Gasteiger partial charge in [0, 0.05) is 10.3 Å². The van der Waals surface area contributed by atoms with E-state index in [0.717, 1.165) is 31.7 Å². The van der Waals surface area contributed by atoms with Crippen LogP contribution in [0.25, 0.3) is 0 Å². The highest BCUT2D eigenvalue weighted by Gasteiger charge is 2.48. The quantitative estimate of drug-likeness (QED) is 0.174. The van der Waals surface area contributed by atoms with E-state index < -0.39 is 41.1 Å². The van der Waals surface area contributed by atoms with Crippen molar-refractivity contribution in [2.45, 2.75) is 122 Å². The molecule has 10 heteroatoms. The molecule has 0 bridgehead atoms. The molecule has 0 radical (unpaired) electrons. The molecule has 0 fully saturated rings. The van der Waals surface area contributed by atoms with Gasteiger partial charge in [0.15, 0.2) is 0 Å². The van der Waals surface area contributed by atoms with Crippen molar-refractivity contribution in [1.29, 1.82) is 0 Å². The van der Waals surface area contributed by atoms with E-state index in [1.54, 1.807) is 13.0 Å². The molecule has 0 saturated carbocycles. The van der Waals surface area contributed by atoms with Crippen molar-refractivity contribution in [3.05, 3.63) is 29.3 Å². The number of ether oxygens (including phenoxy) is 1. The van der Waals surface area contributed by atoms with Crippen LogP contribution in [0.15, 0.2) is 18.2 Å². The summed E-state index contributed by atoms with van der Waals surface area (Å²) in [6.07, 6.45) is -0.806. The zero-order valence-corrected chi connectivity index (χ0v) is 25.2. The van der Waals surface area contributed by atoms with Crippen molar-refractivity contribution in [2.75, 3.05) is 13.2 Å². The van der Waals surface area contributed by atoms with E-state index in [-0.39, 0.29) is 31.8 Å². The molecular weight excluding hydrogens is 518 g/mol. The molecular formula is C28H47F3NO5P. The lowest BCUT2D eigenvalue weighted by atomic mass is 9.93. The van der Waals surface area contributed by atoms with Crippen LogP contribution in [0.4, 0.5) is 18.0 Å². The summed E-state index contributed by atoms with van der Waals surface area (Å²) in [4.78, 5) is 11.6. The summed E-state index contributed by atoms with van der Waals surface area (Å²) in [7, 11) is -3.28. The minimum atomic E-state index is -4.59. The summed E-state index contributed by atoms with van der Waals surface area (Å²) in [6.45, 7) is 14.6. The van der Waals surface area contributed by atoms with Crippen LogP contribution in [0.3, 0.4) is 0 Å². The highest BCUT2D eigenvalue weighted by Crippen LogP contribution is 2.67. The number of rotatable bonds is 14. The van der Waals surface area contributed by atoms with Crippen molar-refractivity contribution in [2.24, 2.45) is 0 Å². The van der Waals surface area contributed by atoms with Gasteiger partial charge in [-0.1, -0.05) is 80.2 Å². The Morgan fingerprint density at radius 3 is 2.05 bits per heavy atom. The second-order valence-corrected chi connectivity index (χ2v) is 16.3. The largest absolute Gasteiger partial charge is 0.493 e. The predicted molar refractivity (Wildman–Crippen MR) is 147 cm³/mol. The van der Waals surface area contributed by atoms with Gasteiger partial charge in [0.25, 0.3) is 0 Å². The topological polar surface area (TPSA) is 84.9 Å². The number of benzene rings is 1. The maximum Gasteiger partial charge on any atom is 0.419 e. The Balaban J connectivity index is 3.07. The van der Waals surface area contributed by atoms with E-state index in [0.29, 0.717) is 12.0 Å². The first-order valence-corrected chi connectivity index (χ1v) is 15.0. The molecule has 0 heterocycles. The van der Waals surface area contributed by atoms with Gasteiger partial charge in [-0.3, -0.25) is 4.57 Å². The van der Waals surface area contributed by atoms with Crippen LogP contribution in [-0.4, -0.2) is 40.3 Å². The Morgan fingerprint density at radius 1 is 0.974 bits per heavy atom. The fourth-order valence-electron chi connectivity index (χ4n) is 4.44. The molecule has 0 aliphatic rings. The van der Waals surface area contributed by atoms with Crippen molar-refractivity contribution in [3.8, 4) is 5.75 Å². The highest BCUT2D eigenvalue weighted by molar-refractivity contribution is 7.62. The smallest absolute Gasteiger partial charge is 0.419 e. The third-order valence-electron chi connectivity index (χ3n) is 6.56. The van der Waals surface area contributed by atoms with Crippen LogP contribution in [0.2, 0.25) is 0 Å². The van der Waals surface area contributed by atoms with Crippen molar-refractivity contribution >= 4 is 13.5 Å². The molecule has 1 aromatic rings. The molecule has 0 aliphatic carbocycles. The third kappa shape index (κ3) is 10.1. The molecule has 1 rings (SSSR count). The average Bonchev–Trinajstić information content (AvgIpc) is 2.76. The molecule has 38 heavy (non-hydrogen) atoms. The van der Waals surface area contributed by atoms with Crippen LogP contribution in [-0.2, 0) is 21.7 Å².